The third-order valence-corrected chi connectivity index (χ3v) is 4.06. The fourth-order valence-corrected chi connectivity index (χ4v) is 3.23. The predicted molar refractivity (Wildman–Crippen MR) is 53.5 cm³/mol. The summed E-state index contributed by atoms with van der Waals surface area (Å²) >= 11 is 1.62. The third-order valence-electron chi connectivity index (χ3n) is 3.00. The molecule has 1 aliphatic carbocycles. The fraction of sp³-hybridized carbons (Fsp3) is 1.00. The molecule has 2 rings (SSSR count). The van der Waals surface area contributed by atoms with Crippen molar-refractivity contribution < 1.29 is 10.2 Å². The van der Waals surface area contributed by atoms with Crippen LogP contribution in [0.2, 0.25) is 0 Å². The van der Waals surface area contributed by atoms with Gasteiger partial charge in [0.2, 0.25) is 5.91 Å². The van der Waals surface area contributed by atoms with Gasteiger partial charge in [0.1, 0.15) is 0 Å². The molecule has 0 aromatic heterocycles. The van der Waals surface area contributed by atoms with Crippen LogP contribution in [-0.2, 0) is 0 Å². The molecule has 0 bridgehead atoms. The Morgan fingerprint density at radius 1 is 1.23 bits per heavy atom. The van der Waals surface area contributed by atoms with E-state index >= 15 is 0 Å². The second kappa shape index (κ2) is 3.77. The van der Waals surface area contributed by atoms with E-state index in [1.54, 1.807) is 11.8 Å². The van der Waals surface area contributed by atoms with Crippen molar-refractivity contribution in [2.75, 3.05) is 18.1 Å². The van der Waals surface area contributed by atoms with Gasteiger partial charge in [-0.25, -0.2) is 4.90 Å². The molecule has 1 heterocycles. The summed E-state index contributed by atoms with van der Waals surface area (Å²) in [4.78, 5) is 1.89. The Bertz CT molecular complexity index is 180. The maximum atomic E-state index is 9.76. The van der Waals surface area contributed by atoms with Crippen LogP contribution in [0.5, 0.6) is 0 Å². The summed E-state index contributed by atoms with van der Waals surface area (Å²) in [5.74, 6) is -0.0825. The van der Waals surface area contributed by atoms with Crippen molar-refractivity contribution in [1.82, 2.24) is 4.90 Å². The van der Waals surface area contributed by atoms with Gasteiger partial charge in [0.05, 0.1) is 5.75 Å². The zero-order chi connectivity index (χ0) is 9.31. The van der Waals surface area contributed by atoms with Crippen LogP contribution < -0.4 is 0 Å². The van der Waals surface area contributed by atoms with E-state index in [0.717, 1.165) is 25.1 Å². The minimum absolute atomic E-state index is 0.413. The van der Waals surface area contributed by atoms with Crippen LogP contribution in [0.4, 0.5) is 0 Å². The fourth-order valence-electron chi connectivity index (χ4n) is 2.32. The number of rotatable bonds is 1. The highest BCUT2D eigenvalue weighted by Gasteiger charge is 2.40. The minimum atomic E-state index is -1.54. The molecule has 0 aromatic carbocycles. The Morgan fingerprint density at radius 2 is 1.92 bits per heavy atom. The first-order chi connectivity index (χ1) is 6.20. The Balaban J connectivity index is 2.02. The molecule has 76 valence electrons. The van der Waals surface area contributed by atoms with Gasteiger partial charge in [0, 0.05) is 18.3 Å². The number of nitrogens with zero attached hydrogens (tertiary/aromatic N) is 1. The zero-order valence-electron chi connectivity index (χ0n) is 7.78. The summed E-state index contributed by atoms with van der Waals surface area (Å²) in [5.41, 5.74) is 0. The number of hydrogen-bond acceptors (Lipinski definition) is 4. The van der Waals surface area contributed by atoms with Crippen molar-refractivity contribution in [2.24, 2.45) is 0 Å². The number of aliphatic hydroxyl groups is 2. The standard InChI is InChI=1S/C9H17NO2S/c11-9(12)7-13-6-5-10(9)8-3-1-2-4-8/h8,11-12H,1-7H2. The van der Waals surface area contributed by atoms with Crippen molar-refractivity contribution >= 4 is 11.8 Å². The molecule has 2 aliphatic rings. The molecular formula is C9H17NO2S. The maximum absolute atomic E-state index is 9.76. The third kappa shape index (κ3) is 2.01. The zero-order valence-corrected chi connectivity index (χ0v) is 8.59. The maximum Gasteiger partial charge on any atom is 0.234 e. The van der Waals surface area contributed by atoms with Crippen molar-refractivity contribution in [1.29, 1.82) is 0 Å². The molecule has 2 N–H and O–H groups in total. The van der Waals surface area contributed by atoms with Gasteiger partial charge in [-0.3, -0.25) is 0 Å². The number of thioether (sulfide) groups is 1. The molecule has 1 saturated carbocycles. The largest absolute Gasteiger partial charge is 0.353 e. The molecule has 4 heteroatoms. The molecule has 0 atom stereocenters. The first-order valence-corrected chi connectivity index (χ1v) is 6.15. The van der Waals surface area contributed by atoms with Crippen LogP contribution in [0.3, 0.4) is 0 Å². The molecule has 13 heavy (non-hydrogen) atoms. The average molecular weight is 203 g/mol. The minimum Gasteiger partial charge on any atom is -0.353 e. The van der Waals surface area contributed by atoms with E-state index in [0.29, 0.717) is 11.8 Å². The molecule has 1 saturated heterocycles. The second-order valence-electron chi connectivity index (χ2n) is 3.96. The van der Waals surface area contributed by atoms with E-state index in [9.17, 15) is 10.2 Å². The topological polar surface area (TPSA) is 43.7 Å². The van der Waals surface area contributed by atoms with Crippen LogP contribution >= 0.6 is 11.8 Å². The molecule has 1 aliphatic heterocycles. The van der Waals surface area contributed by atoms with Gasteiger partial charge >= 0.3 is 0 Å². The van der Waals surface area contributed by atoms with Gasteiger partial charge in [-0.1, -0.05) is 12.8 Å². The quantitative estimate of drug-likeness (QED) is 0.613. The summed E-state index contributed by atoms with van der Waals surface area (Å²) in [6, 6.07) is 0.413. The van der Waals surface area contributed by atoms with Crippen molar-refractivity contribution in [2.45, 2.75) is 37.6 Å². The summed E-state index contributed by atoms with van der Waals surface area (Å²) < 4.78 is 0. The summed E-state index contributed by atoms with van der Waals surface area (Å²) in [6.07, 6.45) is 4.75. The first kappa shape index (κ1) is 9.77. The summed E-state index contributed by atoms with van der Waals surface area (Å²) in [5, 5.41) is 19.5. The molecule has 0 spiro atoms. The van der Waals surface area contributed by atoms with Crippen molar-refractivity contribution in [3.8, 4) is 0 Å². The normalized spacial score (nSPS) is 30.9. The van der Waals surface area contributed by atoms with Gasteiger partial charge in [0.15, 0.2) is 0 Å². The monoisotopic (exact) mass is 203 g/mol. The van der Waals surface area contributed by atoms with Crippen molar-refractivity contribution in [3.05, 3.63) is 0 Å². The van der Waals surface area contributed by atoms with E-state index in [4.69, 9.17) is 0 Å². The Hall–Kier alpha value is 0.230. The van der Waals surface area contributed by atoms with Gasteiger partial charge in [0.25, 0.3) is 0 Å². The summed E-state index contributed by atoms with van der Waals surface area (Å²) in [6.45, 7) is 0.822. The van der Waals surface area contributed by atoms with E-state index in [1.165, 1.54) is 12.8 Å². The Morgan fingerprint density at radius 3 is 2.54 bits per heavy atom. The van der Waals surface area contributed by atoms with E-state index < -0.39 is 5.91 Å². The lowest BCUT2D eigenvalue weighted by Gasteiger charge is -2.42. The number of hydrogen-bond donors (Lipinski definition) is 2. The van der Waals surface area contributed by atoms with Gasteiger partial charge < -0.3 is 10.2 Å². The molecule has 0 radical (unpaired) electrons. The molecule has 3 nitrogen and oxygen atoms in total. The highest BCUT2D eigenvalue weighted by atomic mass is 32.2. The SMILES string of the molecule is OC1(O)CSCCN1C1CCCC1. The van der Waals surface area contributed by atoms with E-state index in [1.807, 2.05) is 4.90 Å². The van der Waals surface area contributed by atoms with Crippen LogP contribution in [0.1, 0.15) is 25.7 Å². The highest BCUT2D eigenvalue weighted by molar-refractivity contribution is 7.99. The molecule has 0 unspecified atom stereocenters. The van der Waals surface area contributed by atoms with Gasteiger partial charge in [-0.05, 0) is 12.8 Å². The second-order valence-corrected chi connectivity index (χ2v) is 5.06. The Labute approximate surface area is 83.1 Å². The van der Waals surface area contributed by atoms with Gasteiger partial charge in [-0.15, -0.1) is 0 Å². The predicted octanol–water partition coefficient (Wildman–Crippen LogP) is 0.616. The van der Waals surface area contributed by atoms with E-state index in [2.05, 4.69) is 0 Å². The van der Waals surface area contributed by atoms with Crippen LogP contribution in [0, 0.1) is 0 Å². The lowest BCUT2D eigenvalue weighted by molar-refractivity contribution is -0.258. The van der Waals surface area contributed by atoms with Crippen LogP contribution in [-0.4, -0.2) is 45.1 Å². The van der Waals surface area contributed by atoms with Gasteiger partial charge in [-0.2, -0.15) is 11.8 Å². The van der Waals surface area contributed by atoms with Crippen LogP contribution in [0.25, 0.3) is 0 Å². The van der Waals surface area contributed by atoms with Crippen LogP contribution in [0.15, 0.2) is 0 Å². The summed E-state index contributed by atoms with van der Waals surface area (Å²) in [7, 11) is 0. The Kier molecular flexibility index (Phi) is 2.83. The molecular weight excluding hydrogens is 186 g/mol. The van der Waals surface area contributed by atoms with Crippen molar-refractivity contribution in [3.63, 3.8) is 0 Å². The molecule has 2 fully saturated rings. The molecule has 0 amide bonds. The smallest absolute Gasteiger partial charge is 0.234 e. The lowest BCUT2D eigenvalue weighted by atomic mass is 10.2. The lowest BCUT2D eigenvalue weighted by Crippen LogP contribution is -2.58. The molecule has 0 aromatic rings. The van der Waals surface area contributed by atoms with E-state index in [-0.39, 0.29) is 0 Å². The first-order valence-electron chi connectivity index (χ1n) is 4.99. The average Bonchev–Trinajstić information content (AvgIpc) is 2.55. The highest BCUT2D eigenvalue weighted by Crippen LogP contribution is 2.31.